The quantitative estimate of drug-likeness (QED) is 0.461. The van der Waals surface area contributed by atoms with Crippen molar-refractivity contribution >= 4 is 22.1 Å². The molecule has 1 aliphatic heterocycles. The summed E-state index contributed by atoms with van der Waals surface area (Å²) in [6.07, 6.45) is -0.176. The van der Waals surface area contributed by atoms with E-state index in [4.69, 9.17) is 0 Å². The summed E-state index contributed by atoms with van der Waals surface area (Å²) in [4.78, 5) is 0. The van der Waals surface area contributed by atoms with Crippen LogP contribution in [0.3, 0.4) is 0 Å². The Morgan fingerprint density at radius 2 is 2.10 bits per heavy atom. The van der Waals surface area contributed by atoms with E-state index in [0.29, 0.717) is 0 Å². The molecule has 7 heteroatoms. The maximum absolute atomic E-state index is 10.2. The van der Waals surface area contributed by atoms with Gasteiger partial charge in [-0.2, -0.15) is 20.2 Å². The standard InChI is InChI=1S/C3H7NO3S2.Na.H/c4-9(5,6)7-3-1-8-2-3;;/h3H,1-2H2,(H2,4,5,6);;/q;+1;-1. The predicted molar refractivity (Wildman–Crippen MR) is 36.4 cm³/mol. The summed E-state index contributed by atoms with van der Waals surface area (Å²) in [6.45, 7) is 0. The molecule has 56 valence electrons. The molecule has 0 atom stereocenters. The molecule has 10 heavy (non-hydrogen) atoms. The summed E-state index contributed by atoms with van der Waals surface area (Å²) < 4.78 is 24.8. The molecule has 1 fully saturated rings. The summed E-state index contributed by atoms with van der Waals surface area (Å²) in [6, 6.07) is 0. The molecule has 1 heterocycles. The Hall–Kier alpha value is 1.22. The van der Waals surface area contributed by atoms with Gasteiger partial charge >= 0.3 is 39.9 Å². The van der Waals surface area contributed by atoms with E-state index in [0.717, 1.165) is 11.5 Å². The Kier molecular flexibility index (Phi) is 4.82. The van der Waals surface area contributed by atoms with Crippen LogP contribution in [0.25, 0.3) is 0 Å². The maximum atomic E-state index is 10.2. The van der Waals surface area contributed by atoms with Gasteiger partial charge in [-0.05, 0) is 0 Å². The van der Waals surface area contributed by atoms with Crippen molar-refractivity contribution < 1.29 is 43.6 Å². The van der Waals surface area contributed by atoms with Crippen LogP contribution >= 0.6 is 11.8 Å². The zero-order chi connectivity index (χ0) is 6.91. The molecule has 0 aliphatic carbocycles. The van der Waals surface area contributed by atoms with Crippen LogP contribution in [0.2, 0.25) is 0 Å². The Bertz CT molecular complexity index is 193. The molecule has 0 spiro atoms. The topological polar surface area (TPSA) is 69.4 Å². The van der Waals surface area contributed by atoms with Crippen LogP contribution in [0.4, 0.5) is 0 Å². The Balaban J connectivity index is 0. The first-order chi connectivity index (χ1) is 4.08. The second-order valence-corrected chi connectivity index (χ2v) is 4.00. The molecule has 1 saturated heterocycles. The average Bonchev–Trinajstić information content (AvgIpc) is 1.53. The number of thioether (sulfide) groups is 1. The summed E-state index contributed by atoms with van der Waals surface area (Å²) >= 11 is 1.64. The molecule has 0 radical (unpaired) electrons. The third-order valence-electron chi connectivity index (χ3n) is 0.878. The van der Waals surface area contributed by atoms with Crippen molar-refractivity contribution in [3.05, 3.63) is 0 Å². The molecule has 1 aliphatic rings. The molecule has 0 aromatic rings. The minimum absolute atomic E-state index is 0. The van der Waals surface area contributed by atoms with Crippen LogP contribution < -0.4 is 34.7 Å². The molecular formula is C3H8NNaO3S2. The van der Waals surface area contributed by atoms with Gasteiger partial charge < -0.3 is 1.43 Å². The Morgan fingerprint density at radius 3 is 2.20 bits per heavy atom. The summed E-state index contributed by atoms with van der Waals surface area (Å²) in [7, 11) is -3.70. The molecule has 0 bridgehead atoms. The molecule has 0 unspecified atom stereocenters. The van der Waals surface area contributed by atoms with Crippen molar-refractivity contribution in [2.45, 2.75) is 6.10 Å². The number of nitrogens with two attached hydrogens (primary N) is 1. The third kappa shape index (κ3) is 4.17. The van der Waals surface area contributed by atoms with E-state index in [2.05, 4.69) is 9.32 Å². The van der Waals surface area contributed by atoms with E-state index in [-0.39, 0.29) is 37.1 Å². The van der Waals surface area contributed by atoms with Gasteiger partial charge in [0.15, 0.2) is 0 Å². The van der Waals surface area contributed by atoms with Crippen molar-refractivity contribution in [3.8, 4) is 0 Å². The fourth-order valence-corrected chi connectivity index (χ4v) is 1.71. The average molecular weight is 193 g/mol. The second-order valence-electron chi connectivity index (χ2n) is 1.75. The molecular weight excluding hydrogens is 185 g/mol. The van der Waals surface area contributed by atoms with E-state index in [9.17, 15) is 8.42 Å². The van der Waals surface area contributed by atoms with Gasteiger partial charge in [-0.15, -0.1) is 0 Å². The van der Waals surface area contributed by atoms with Crippen LogP contribution in [-0.2, 0) is 14.5 Å². The van der Waals surface area contributed by atoms with Crippen LogP contribution in [0, 0.1) is 0 Å². The predicted octanol–water partition coefficient (Wildman–Crippen LogP) is -3.56. The first-order valence-corrected chi connectivity index (χ1v) is 4.99. The molecule has 1 rings (SSSR count). The molecule has 2 N–H and O–H groups in total. The van der Waals surface area contributed by atoms with Gasteiger partial charge in [-0.25, -0.2) is 5.14 Å². The summed E-state index contributed by atoms with van der Waals surface area (Å²) in [5, 5.41) is 4.59. The Labute approximate surface area is 87.9 Å². The Morgan fingerprint density at radius 1 is 1.60 bits per heavy atom. The van der Waals surface area contributed by atoms with E-state index >= 15 is 0 Å². The monoisotopic (exact) mass is 193 g/mol. The van der Waals surface area contributed by atoms with Crippen LogP contribution in [0.5, 0.6) is 0 Å². The zero-order valence-electron chi connectivity index (χ0n) is 6.61. The van der Waals surface area contributed by atoms with Crippen LogP contribution in [-0.4, -0.2) is 26.0 Å². The number of hydrogen-bond acceptors (Lipinski definition) is 4. The smallest absolute Gasteiger partial charge is 1.00 e. The van der Waals surface area contributed by atoms with Crippen molar-refractivity contribution in [1.82, 2.24) is 0 Å². The van der Waals surface area contributed by atoms with E-state index in [1.807, 2.05) is 0 Å². The number of rotatable bonds is 2. The number of hydrogen-bond donors (Lipinski definition) is 1. The zero-order valence-corrected chi connectivity index (χ0v) is 9.24. The minimum atomic E-state index is -3.70. The summed E-state index contributed by atoms with van der Waals surface area (Å²) in [5.41, 5.74) is 0. The van der Waals surface area contributed by atoms with Crippen molar-refractivity contribution in [1.29, 1.82) is 0 Å². The van der Waals surface area contributed by atoms with Gasteiger partial charge in [0, 0.05) is 11.5 Å². The molecule has 4 nitrogen and oxygen atoms in total. The molecule has 0 aromatic heterocycles. The fraction of sp³-hybridized carbons (Fsp3) is 1.00. The van der Waals surface area contributed by atoms with Gasteiger partial charge in [-0.1, -0.05) is 0 Å². The van der Waals surface area contributed by atoms with E-state index < -0.39 is 10.3 Å². The largest absolute Gasteiger partial charge is 1.00 e. The molecule has 0 saturated carbocycles. The second kappa shape index (κ2) is 4.30. The molecule has 0 amide bonds. The van der Waals surface area contributed by atoms with Gasteiger partial charge in [-0.3, -0.25) is 4.18 Å². The van der Waals surface area contributed by atoms with Gasteiger partial charge in [0.25, 0.3) is 0 Å². The van der Waals surface area contributed by atoms with Crippen LogP contribution in [0.15, 0.2) is 0 Å². The SMILES string of the molecule is NS(=O)(=O)OC1CSC1.[H-].[Na+]. The van der Waals surface area contributed by atoms with Gasteiger partial charge in [0.05, 0.1) is 6.10 Å². The fourth-order valence-electron chi connectivity index (χ4n) is 0.459. The maximum Gasteiger partial charge on any atom is 1.00 e. The third-order valence-corrected chi connectivity index (χ3v) is 2.63. The van der Waals surface area contributed by atoms with Crippen molar-refractivity contribution in [3.63, 3.8) is 0 Å². The van der Waals surface area contributed by atoms with Crippen LogP contribution in [0.1, 0.15) is 1.43 Å². The van der Waals surface area contributed by atoms with E-state index in [1.54, 1.807) is 11.8 Å². The normalized spacial score (nSPS) is 19.3. The van der Waals surface area contributed by atoms with Crippen molar-refractivity contribution in [2.24, 2.45) is 5.14 Å². The minimum Gasteiger partial charge on any atom is -1.00 e. The molecule has 0 aromatic carbocycles. The van der Waals surface area contributed by atoms with Gasteiger partial charge in [0.1, 0.15) is 0 Å². The first kappa shape index (κ1) is 11.2. The first-order valence-electron chi connectivity index (χ1n) is 2.37. The van der Waals surface area contributed by atoms with E-state index in [1.165, 1.54) is 0 Å². The van der Waals surface area contributed by atoms with Crippen molar-refractivity contribution in [2.75, 3.05) is 11.5 Å². The van der Waals surface area contributed by atoms with Gasteiger partial charge in [0.2, 0.25) is 0 Å². The summed E-state index contributed by atoms with van der Waals surface area (Å²) in [5.74, 6) is 1.47.